The number of allylic oxidation sites excluding steroid dienone is 2. The molecule has 2 saturated heterocycles. The molecule has 9 N–H and O–H groups in total. The minimum absolute atomic E-state index is 0.206. The van der Waals surface area contributed by atoms with Gasteiger partial charge in [-0.3, -0.25) is 4.79 Å². The van der Waals surface area contributed by atoms with Crippen molar-refractivity contribution in [1.82, 2.24) is 5.32 Å². The van der Waals surface area contributed by atoms with E-state index < -0.39 is 86.8 Å². The highest BCUT2D eigenvalue weighted by atomic mass is 16.7. The molecule has 0 aromatic rings. The fourth-order valence-corrected chi connectivity index (χ4v) is 11.5. The van der Waals surface area contributed by atoms with E-state index in [1.165, 1.54) is 225 Å². The first-order valence-corrected chi connectivity index (χ1v) is 33.9. The van der Waals surface area contributed by atoms with Crippen molar-refractivity contribution in [3.05, 3.63) is 12.2 Å². The number of rotatable bonds is 56. The third-order valence-corrected chi connectivity index (χ3v) is 17.0. The van der Waals surface area contributed by atoms with Crippen molar-refractivity contribution in [1.29, 1.82) is 0 Å². The summed E-state index contributed by atoms with van der Waals surface area (Å²) in [4.78, 5) is 13.3. The van der Waals surface area contributed by atoms with Crippen LogP contribution in [0, 0.1) is 0 Å². The third-order valence-electron chi connectivity index (χ3n) is 17.0. The van der Waals surface area contributed by atoms with Gasteiger partial charge < -0.3 is 65.1 Å². The molecule has 14 nitrogen and oxygen atoms in total. The molecule has 2 fully saturated rings. The number of ether oxygens (including phenoxy) is 4. The van der Waals surface area contributed by atoms with E-state index in [0.717, 1.165) is 57.8 Å². The molecular formula is C66H127NO13. The molecule has 0 aromatic carbocycles. The zero-order valence-electron chi connectivity index (χ0n) is 51.4. The predicted octanol–water partition coefficient (Wildman–Crippen LogP) is 13.0. The molecule has 2 heterocycles. The zero-order valence-corrected chi connectivity index (χ0v) is 51.4. The van der Waals surface area contributed by atoms with Gasteiger partial charge in [-0.15, -0.1) is 0 Å². The number of hydrogen-bond donors (Lipinski definition) is 9. The number of unbranched alkanes of at least 4 members (excludes halogenated alkanes) is 41. The second-order valence-corrected chi connectivity index (χ2v) is 24.3. The first-order valence-electron chi connectivity index (χ1n) is 33.9. The summed E-state index contributed by atoms with van der Waals surface area (Å²) in [5.41, 5.74) is 0. The first kappa shape index (κ1) is 74.8. The Morgan fingerprint density at radius 1 is 0.438 bits per heavy atom. The Labute approximate surface area is 488 Å². The van der Waals surface area contributed by atoms with Crippen LogP contribution in [0.1, 0.15) is 309 Å². The molecule has 2 aliphatic rings. The lowest BCUT2D eigenvalue weighted by atomic mass is 9.97. The molecule has 12 unspecified atom stereocenters. The molecular weight excluding hydrogens is 1010 g/mol. The van der Waals surface area contributed by atoms with Gasteiger partial charge in [-0.25, -0.2) is 0 Å². The Morgan fingerprint density at radius 2 is 0.787 bits per heavy atom. The number of carbonyl (C=O) groups excluding carboxylic acids is 1. The Balaban J connectivity index is 1.67. The maximum absolute atomic E-state index is 13.3. The quantitative estimate of drug-likeness (QED) is 0.0204. The summed E-state index contributed by atoms with van der Waals surface area (Å²) in [5, 5.41) is 87.5. The van der Waals surface area contributed by atoms with Crippen LogP contribution in [0.2, 0.25) is 0 Å². The molecule has 0 spiro atoms. The molecule has 12 atom stereocenters. The number of aliphatic hydroxyl groups excluding tert-OH is 8. The fraction of sp³-hybridized carbons (Fsp3) is 0.955. The summed E-state index contributed by atoms with van der Waals surface area (Å²) >= 11 is 0. The van der Waals surface area contributed by atoms with Crippen LogP contribution in [0.3, 0.4) is 0 Å². The Bertz CT molecular complexity index is 1390. The van der Waals surface area contributed by atoms with E-state index in [4.69, 9.17) is 18.9 Å². The summed E-state index contributed by atoms with van der Waals surface area (Å²) in [6, 6.07) is -0.829. The van der Waals surface area contributed by atoms with E-state index in [1.54, 1.807) is 0 Å². The SMILES string of the molecule is CCCCCCCCC/C=C\CCCCCCCCCC(=O)NC(COC1OC(CO)C(OC2OC(CO)C(O)C(O)C2O)C(O)C1O)C(O)CCCCCCCCCCCCCCCCCCCCCCCCCCCCCC. The second-order valence-electron chi connectivity index (χ2n) is 24.3. The van der Waals surface area contributed by atoms with Gasteiger partial charge in [0, 0.05) is 6.42 Å². The number of aliphatic hydroxyl groups is 8. The Morgan fingerprint density at radius 3 is 1.19 bits per heavy atom. The van der Waals surface area contributed by atoms with Crippen LogP contribution in [-0.2, 0) is 23.7 Å². The summed E-state index contributed by atoms with van der Waals surface area (Å²) in [6.45, 7) is 2.90. The van der Waals surface area contributed by atoms with Crippen LogP contribution < -0.4 is 5.32 Å². The van der Waals surface area contributed by atoms with Gasteiger partial charge in [0.05, 0.1) is 32.0 Å². The normalized spacial score (nSPS) is 24.2. The van der Waals surface area contributed by atoms with Crippen LogP contribution in [0.15, 0.2) is 12.2 Å². The van der Waals surface area contributed by atoms with Crippen LogP contribution in [0.25, 0.3) is 0 Å². The van der Waals surface area contributed by atoms with Crippen LogP contribution >= 0.6 is 0 Å². The van der Waals surface area contributed by atoms with E-state index in [-0.39, 0.29) is 12.5 Å². The van der Waals surface area contributed by atoms with E-state index in [0.29, 0.717) is 12.8 Å². The number of nitrogens with one attached hydrogen (secondary N) is 1. The molecule has 0 aliphatic carbocycles. The molecule has 80 heavy (non-hydrogen) atoms. The monoisotopic (exact) mass is 1140 g/mol. The topological polar surface area (TPSA) is 228 Å². The molecule has 0 saturated carbocycles. The summed E-state index contributed by atoms with van der Waals surface area (Å²) in [6.07, 6.45) is 45.1. The average Bonchev–Trinajstić information content (AvgIpc) is 3.46. The van der Waals surface area contributed by atoms with Crippen LogP contribution in [-0.4, -0.2) is 140 Å². The maximum atomic E-state index is 13.3. The molecule has 0 bridgehead atoms. The minimum Gasteiger partial charge on any atom is -0.394 e. The maximum Gasteiger partial charge on any atom is 0.220 e. The highest BCUT2D eigenvalue weighted by Crippen LogP contribution is 2.30. The van der Waals surface area contributed by atoms with E-state index in [9.17, 15) is 45.6 Å². The summed E-state index contributed by atoms with van der Waals surface area (Å²) in [5.74, 6) is -0.206. The van der Waals surface area contributed by atoms with Crippen molar-refractivity contribution in [2.24, 2.45) is 0 Å². The van der Waals surface area contributed by atoms with Crippen molar-refractivity contribution in [3.63, 3.8) is 0 Å². The third kappa shape index (κ3) is 36.5. The summed E-state index contributed by atoms with van der Waals surface area (Å²) < 4.78 is 22.9. The number of hydrogen-bond acceptors (Lipinski definition) is 13. The average molecular weight is 1140 g/mol. The van der Waals surface area contributed by atoms with Gasteiger partial charge in [0.2, 0.25) is 5.91 Å². The van der Waals surface area contributed by atoms with E-state index >= 15 is 0 Å². The van der Waals surface area contributed by atoms with Crippen LogP contribution in [0.4, 0.5) is 0 Å². The van der Waals surface area contributed by atoms with Crippen molar-refractivity contribution >= 4 is 5.91 Å². The van der Waals surface area contributed by atoms with Crippen LogP contribution in [0.5, 0.6) is 0 Å². The Hall–Kier alpha value is -1.27. The van der Waals surface area contributed by atoms with E-state index in [2.05, 4.69) is 31.3 Å². The molecule has 2 aliphatic heterocycles. The van der Waals surface area contributed by atoms with Gasteiger partial charge in [-0.05, 0) is 38.5 Å². The fourth-order valence-electron chi connectivity index (χ4n) is 11.5. The van der Waals surface area contributed by atoms with Gasteiger partial charge in [-0.1, -0.05) is 276 Å². The predicted molar refractivity (Wildman–Crippen MR) is 323 cm³/mol. The van der Waals surface area contributed by atoms with Gasteiger partial charge >= 0.3 is 0 Å². The second kappa shape index (κ2) is 52.1. The molecule has 2 rings (SSSR count). The van der Waals surface area contributed by atoms with Gasteiger partial charge in [0.15, 0.2) is 12.6 Å². The van der Waals surface area contributed by atoms with Gasteiger partial charge in [-0.2, -0.15) is 0 Å². The molecule has 14 heteroatoms. The lowest BCUT2D eigenvalue weighted by Crippen LogP contribution is -2.65. The molecule has 0 aromatic heterocycles. The molecule has 1 amide bonds. The highest BCUT2D eigenvalue weighted by Gasteiger charge is 2.51. The largest absolute Gasteiger partial charge is 0.394 e. The minimum atomic E-state index is -1.78. The van der Waals surface area contributed by atoms with Crippen molar-refractivity contribution < 1.29 is 64.6 Å². The van der Waals surface area contributed by atoms with Crippen molar-refractivity contribution in [3.8, 4) is 0 Å². The lowest BCUT2D eigenvalue weighted by Gasteiger charge is -2.46. The number of carbonyl (C=O) groups is 1. The van der Waals surface area contributed by atoms with Crippen molar-refractivity contribution in [2.45, 2.75) is 383 Å². The first-order chi connectivity index (χ1) is 39.1. The highest BCUT2D eigenvalue weighted by molar-refractivity contribution is 5.76. The molecule has 0 radical (unpaired) electrons. The van der Waals surface area contributed by atoms with Gasteiger partial charge in [0.25, 0.3) is 0 Å². The Kier molecular flexibility index (Phi) is 48.7. The van der Waals surface area contributed by atoms with Gasteiger partial charge in [0.1, 0.15) is 48.8 Å². The molecule has 474 valence electrons. The van der Waals surface area contributed by atoms with E-state index in [1.807, 2.05) is 0 Å². The standard InChI is InChI=1S/C66H127NO13/c1-3-5-7-9-11-13-15-17-19-21-23-24-25-26-27-28-29-30-31-32-33-35-37-39-41-43-45-47-49-55(70)54(67-58(71)50-48-46-44-42-40-38-36-34-22-20-18-16-14-12-10-8-6-4-2)53-77-65-63(76)61(74)64(57(52-69)79-65)80-66-62(75)60(73)59(72)56(51-68)78-66/h20,22,54-57,59-66,68-70,72-76H,3-19,21,23-53H2,1-2H3,(H,67,71)/b22-20-. The zero-order chi connectivity index (χ0) is 58.1. The lowest BCUT2D eigenvalue weighted by molar-refractivity contribution is -0.359. The number of amides is 1. The summed E-state index contributed by atoms with van der Waals surface area (Å²) in [7, 11) is 0. The van der Waals surface area contributed by atoms with Crippen molar-refractivity contribution in [2.75, 3.05) is 19.8 Å². The smallest absolute Gasteiger partial charge is 0.220 e.